The summed E-state index contributed by atoms with van der Waals surface area (Å²) in [4.78, 5) is 21.7. The van der Waals surface area contributed by atoms with E-state index in [1.807, 2.05) is 25.1 Å². The number of ketones is 1. The van der Waals surface area contributed by atoms with Crippen molar-refractivity contribution in [2.45, 2.75) is 13.3 Å². The van der Waals surface area contributed by atoms with E-state index in [0.717, 1.165) is 10.9 Å². The highest BCUT2D eigenvalue weighted by Gasteiger charge is 2.17. The van der Waals surface area contributed by atoms with Crippen LogP contribution >= 0.6 is 0 Å². The molecule has 1 aromatic heterocycles. The average molecular weight is 202 g/mol. The number of rotatable bonds is 3. The van der Waals surface area contributed by atoms with E-state index in [1.54, 1.807) is 6.07 Å². The minimum absolute atomic E-state index is 0.175. The Morgan fingerprint density at radius 1 is 1.40 bits per heavy atom. The maximum Gasteiger partial charge on any atom is 0.260 e. The van der Waals surface area contributed by atoms with Gasteiger partial charge in [-0.15, -0.1) is 0 Å². The number of furan rings is 1. The van der Waals surface area contributed by atoms with Crippen LogP contribution in [0.2, 0.25) is 0 Å². The van der Waals surface area contributed by atoms with Gasteiger partial charge >= 0.3 is 0 Å². The number of aldehydes is 1. The largest absolute Gasteiger partial charge is 0.452 e. The summed E-state index contributed by atoms with van der Waals surface area (Å²) < 4.78 is 5.36. The molecule has 0 aliphatic rings. The van der Waals surface area contributed by atoms with Crippen molar-refractivity contribution in [1.29, 1.82) is 0 Å². The van der Waals surface area contributed by atoms with Crippen molar-refractivity contribution in [3.05, 3.63) is 35.6 Å². The molecule has 15 heavy (non-hydrogen) atoms. The van der Waals surface area contributed by atoms with Crippen LogP contribution in [0.3, 0.4) is 0 Å². The molecule has 0 amide bonds. The monoisotopic (exact) mass is 202 g/mol. The molecule has 1 aromatic carbocycles. The van der Waals surface area contributed by atoms with Crippen LogP contribution in [0.5, 0.6) is 0 Å². The molecule has 0 spiro atoms. The lowest BCUT2D eigenvalue weighted by atomic mass is 10.1. The van der Waals surface area contributed by atoms with Crippen LogP contribution in [0.25, 0.3) is 11.0 Å². The molecule has 0 aliphatic carbocycles. The number of carbonyl (C=O) groups is 2. The maximum atomic E-state index is 11.3. The third-order valence-corrected chi connectivity index (χ3v) is 2.38. The molecule has 0 fully saturated rings. The van der Waals surface area contributed by atoms with Gasteiger partial charge in [0.1, 0.15) is 5.58 Å². The van der Waals surface area contributed by atoms with E-state index in [1.165, 1.54) is 0 Å². The molecule has 3 nitrogen and oxygen atoms in total. The number of carbonyl (C=O) groups excluding carboxylic acids is 2. The van der Waals surface area contributed by atoms with Gasteiger partial charge in [0.15, 0.2) is 12.0 Å². The summed E-state index contributed by atoms with van der Waals surface area (Å²) >= 11 is 0. The molecule has 0 atom stereocenters. The lowest BCUT2D eigenvalue weighted by molar-refractivity contribution is -0.104. The summed E-state index contributed by atoms with van der Waals surface area (Å²) in [5.74, 6) is -0.420. The molecule has 2 rings (SSSR count). The molecule has 1 heterocycles. The number of para-hydroxylation sites is 1. The predicted molar refractivity (Wildman–Crippen MR) is 56.0 cm³/mol. The van der Waals surface area contributed by atoms with Crippen LogP contribution in [-0.4, -0.2) is 12.1 Å². The van der Waals surface area contributed by atoms with Crippen molar-refractivity contribution >= 4 is 23.0 Å². The van der Waals surface area contributed by atoms with Crippen molar-refractivity contribution < 1.29 is 14.0 Å². The second-order valence-corrected chi connectivity index (χ2v) is 3.24. The summed E-state index contributed by atoms with van der Waals surface area (Å²) in [6.07, 6.45) is 0.961. The van der Waals surface area contributed by atoms with Crippen molar-refractivity contribution in [2.24, 2.45) is 0 Å². The molecular formula is C12H10O3. The zero-order chi connectivity index (χ0) is 10.8. The Morgan fingerprint density at radius 2 is 2.13 bits per heavy atom. The molecule has 0 N–H and O–H groups in total. The molecule has 0 unspecified atom stereocenters. The Hall–Kier alpha value is -1.90. The standard InChI is InChI=1S/C12H10O3/c1-2-8-9-5-3-4-6-11(9)15-12(8)10(14)7-13/h3-7H,2H2,1H3. The molecule has 3 heteroatoms. The normalized spacial score (nSPS) is 10.5. The lowest BCUT2D eigenvalue weighted by Crippen LogP contribution is -2.01. The Balaban J connectivity index is 2.74. The first-order chi connectivity index (χ1) is 7.27. The molecule has 0 bridgehead atoms. The van der Waals surface area contributed by atoms with E-state index in [4.69, 9.17) is 4.42 Å². The summed E-state index contributed by atoms with van der Waals surface area (Å²) in [6.45, 7) is 1.93. The van der Waals surface area contributed by atoms with E-state index < -0.39 is 5.78 Å². The van der Waals surface area contributed by atoms with Gasteiger partial charge in [-0.3, -0.25) is 9.59 Å². The number of benzene rings is 1. The van der Waals surface area contributed by atoms with Crippen molar-refractivity contribution in [1.82, 2.24) is 0 Å². The fourth-order valence-corrected chi connectivity index (χ4v) is 1.70. The van der Waals surface area contributed by atoms with Crippen LogP contribution in [0.15, 0.2) is 28.7 Å². The highest BCUT2D eigenvalue weighted by Crippen LogP contribution is 2.26. The zero-order valence-corrected chi connectivity index (χ0v) is 8.32. The van der Waals surface area contributed by atoms with Crippen molar-refractivity contribution in [3.8, 4) is 0 Å². The lowest BCUT2D eigenvalue weighted by Gasteiger charge is -1.93. The SMILES string of the molecule is CCc1c(C(=O)C=O)oc2ccccc12. The average Bonchev–Trinajstić information content (AvgIpc) is 2.66. The quantitative estimate of drug-likeness (QED) is 0.436. The Bertz CT molecular complexity index is 523. The van der Waals surface area contributed by atoms with Gasteiger partial charge in [-0.05, 0) is 12.5 Å². The molecule has 0 saturated heterocycles. The highest BCUT2D eigenvalue weighted by molar-refractivity contribution is 6.33. The topological polar surface area (TPSA) is 47.3 Å². The van der Waals surface area contributed by atoms with E-state index in [9.17, 15) is 9.59 Å². The molecule has 2 aromatic rings. The smallest absolute Gasteiger partial charge is 0.260 e. The number of Topliss-reactive ketones (excluding diaryl/α,β-unsaturated/α-hetero) is 1. The van der Waals surface area contributed by atoms with Gasteiger partial charge in [0, 0.05) is 10.9 Å². The van der Waals surface area contributed by atoms with Crippen molar-refractivity contribution in [3.63, 3.8) is 0 Å². The second kappa shape index (κ2) is 3.69. The van der Waals surface area contributed by atoms with Crippen LogP contribution in [-0.2, 0) is 11.2 Å². The molecule has 76 valence electrons. The van der Waals surface area contributed by atoms with E-state index >= 15 is 0 Å². The minimum atomic E-state index is -0.594. The van der Waals surface area contributed by atoms with Crippen LogP contribution in [0.4, 0.5) is 0 Å². The summed E-state index contributed by atoms with van der Waals surface area (Å²) in [7, 11) is 0. The van der Waals surface area contributed by atoms with Crippen LogP contribution < -0.4 is 0 Å². The third-order valence-electron chi connectivity index (χ3n) is 2.38. The highest BCUT2D eigenvalue weighted by atomic mass is 16.3. The van der Waals surface area contributed by atoms with Gasteiger partial charge in [-0.25, -0.2) is 0 Å². The van der Waals surface area contributed by atoms with Crippen LogP contribution in [0.1, 0.15) is 23.0 Å². The van der Waals surface area contributed by atoms with Gasteiger partial charge < -0.3 is 4.42 Å². The van der Waals surface area contributed by atoms with Gasteiger partial charge in [0.2, 0.25) is 0 Å². The molecule has 0 saturated carbocycles. The van der Waals surface area contributed by atoms with Crippen molar-refractivity contribution in [2.75, 3.05) is 0 Å². The maximum absolute atomic E-state index is 11.3. The molecular weight excluding hydrogens is 192 g/mol. The number of hydrogen-bond donors (Lipinski definition) is 0. The van der Waals surface area contributed by atoms with E-state index in [-0.39, 0.29) is 12.0 Å². The number of aryl methyl sites for hydroxylation is 1. The second-order valence-electron chi connectivity index (χ2n) is 3.24. The van der Waals surface area contributed by atoms with Gasteiger partial charge in [0.05, 0.1) is 0 Å². The fraction of sp³-hybridized carbons (Fsp3) is 0.167. The number of fused-ring (bicyclic) bond motifs is 1. The summed E-state index contributed by atoms with van der Waals surface area (Å²) in [5, 5.41) is 0.908. The Labute approximate surface area is 86.7 Å². The first kappa shape index (κ1) is 9.65. The number of hydrogen-bond acceptors (Lipinski definition) is 3. The van der Waals surface area contributed by atoms with Gasteiger partial charge in [-0.2, -0.15) is 0 Å². The first-order valence-corrected chi connectivity index (χ1v) is 4.77. The summed E-state index contributed by atoms with van der Waals surface area (Å²) in [5.41, 5.74) is 1.46. The molecule has 0 aliphatic heterocycles. The predicted octanol–water partition coefficient (Wildman–Crippen LogP) is 2.38. The minimum Gasteiger partial charge on any atom is -0.452 e. The van der Waals surface area contributed by atoms with E-state index in [0.29, 0.717) is 12.0 Å². The fourth-order valence-electron chi connectivity index (χ4n) is 1.70. The zero-order valence-electron chi connectivity index (χ0n) is 8.32. The van der Waals surface area contributed by atoms with Gasteiger partial charge in [-0.1, -0.05) is 25.1 Å². The third kappa shape index (κ3) is 1.46. The van der Waals surface area contributed by atoms with Gasteiger partial charge in [0.25, 0.3) is 5.78 Å². The van der Waals surface area contributed by atoms with Crippen LogP contribution in [0, 0.1) is 0 Å². The summed E-state index contributed by atoms with van der Waals surface area (Å²) in [6, 6.07) is 7.39. The first-order valence-electron chi connectivity index (χ1n) is 4.77. The Kier molecular flexibility index (Phi) is 2.37. The Morgan fingerprint density at radius 3 is 2.80 bits per heavy atom. The van der Waals surface area contributed by atoms with E-state index in [2.05, 4.69) is 0 Å². The molecule has 0 radical (unpaired) electrons.